The molecule has 0 bridgehead atoms. The molecule has 0 aliphatic heterocycles. The Labute approximate surface area is 114 Å². The van der Waals surface area contributed by atoms with Gasteiger partial charge < -0.3 is 11.1 Å². The van der Waals surface area contributed by atoms with E-state index in [0.717, 1.165) is 11.8 Å². The van der Waals surface area contributed by atoms with Crippen molar-refractivity contribution >= 4 is 0 Å². The van der Waals surface area contributed by atoms with Gasteiger partial charge in [0.15, 0.2) is 0 Å². The fourth-order valence-electron chi connectivity index (χ4n) is 3.80. The lowest BCUT2D eigenvalue weighted by atomic mass is 9.68. The van der Waals surface area contributed by atoms with E-state index in [2.05, 4.69) is 46.9 Å². The zero-order valence-electron chi connectivity index (χ0n) is 13.3. The van der Waals surface area contributed by atoms with Crippen molar-refractivity contribution in [2.24, 2.45) is 23.0 Å². The molecular formula is C16H34N2. The normalized spacial score (nSPS) is 31.3. The van der Waals surface area contributed by atoms with Crippen LogP contribution in [0.25, 0.3) is 0 Å². The molecule has 1 aliphatic rings. The van der Waals surface area contributed by atoms with Gasteiger partial charge in [-0.05, 0) is 56.8 Å². The van der Waals surface area contributed by atoms with Gasteiger partial charge in [0.1, 0.15) is 0 Å². The van der Waals surface area contributed by atoms with Gasteiger partial charge >= 0.3 is 0 Å². The summed E-state index contributed by atoms with van der Waals surface area (Å²) >= 11 is 0. The lowest BCUT2D eigenvalue weighted by Gasteiger charge is -2.42. The van der Waals surface area contributed by atoms with E-state index in [-0.39, 0.29) is 0 Å². The maximum atomic E-state index is 6.22. The summed E-state index contributed by atoms with van der Waals surface area (Å²) in [6.45, 7) is 14.0. The SMILES string of the molecule is CC(C)CC(C)NC(C)C1CC(N)CC(C)(C)C1. The molecule has 1 rings (SSSR count). The molecule has 3 N–H and O–H groups in total. The number of hydrogen-bond acceptors (Lipinski definition) is 2. The Morgan fingerprint density at radius 2 is 1.78 bits per heavy atom. The van der Waals surface area contributed by atoms with Crippen molar-refractivity contribution in [3.05, 3.63) is 0 Å². The topological polar surface area (TPSA) is 38.0 Å². The van der Waals surface area contributed by atoms with Crippen molar-refractivity contribution < 1.29 is 0 Å². The maximum Gasteiger partial charge on any atom is 0.00702 e. The Morgan fingerprint density at radius 1 is 1.17 bits per heavy atom. The summed E-state index contributed by atoms with van der Waals surface area (Å²) in [6.07, 6.45) is 4.93. The summed E-state index contributed by atoms with van der Waals surface area (Å²) in [5, 5.41) is 3.78. The molecule has 2 heteroatoms. The Hall–Kier alpha value is -0.0800. The van der Waals surface area contributed by atoms with E-state index in [0.29, 0.717) is 23.5 Å². The second-order valence-corrected chi connectivity index (χ2v) is 7.81. The maximum absolute atomic E-state index is 6.22. The largest absolute Gasteiger partial charge is 0.328 e. The first-order valence-corrected chi connectivity index (χ1v) is 7.71. The average Bonchev–Trinajstić information content (AvgIpc) is 2.12. The molecule has 1 aliphatic carbocycles. The third-order valence-electron chi connectivity index (χ3n) is 4.31. The predicted molar refractivity (Wildman–Crippen MR) is 80.6 cm³/mol. The van der Waals surface area contributed by atoms with Crippen LogP contribution in [-0.4, -0.2) is 18.1 Å². The third kappa shape index (κ3) is 5.27. The molecule has 0 radical (unpaired) electrons. The van der Waals surface area contributed by atoms with Crippen molar-refractivity contribution in [3.8, 4) is 0 Å². The Morgan fingerprint density at radius 3 is 2.28 bits per heavy atom. The van der Waals surface area contributed by atoms with E-state index in [9.17, 15) is 0 Å². The molecule has 0 heterocycles. The van der Waals surface area contributed by atoms with Gasteiger partial charge in [0.2, 0.25) is 0 Å². The molecule has 1 fully saturated rings. The van der Waals surface area contributed by atoms with Crippen molar-refractivity contribution in [1.29, 1.82) is 0 Å². The monoisotopic (exact) mass is 254 g/mol. The second kappa shape index (κ2) is 6.38. The van der Waals surface area contributed by atoms with Gasteiger partial charge in [-0.3, -0.25) is 0 Å². The highest BCUT2D eigenvalue weighted by Crippen LogP contribution is 2.39. The van der Waals surface area contributed by atoms with Crippen molar-refractivity contribution in [2.75, 3.05) is 0 Å². The summed E-state index contributed by atoms with van der Waals surface area (Å²) < 4.78 is 0. The highest BCUT2D eigenvalue weighted by atomic mass is 14.9. The van der Waals surface area contributed by atoms with Crippen LogP contribution in [0.4, 0.5) is 0 Å². The molecule has 4 atom stereocenters. The highest BCUT2D eigenvalue weighted by Gasteiger charge is 2.34. The van der Waals surface area contributed by atoms with Crippen LogP contribution in [-0.2, 0) is 0 Å². The van der Waals surface area contributed by atoms with E-state index < -0.39 is 0 Å². The first-order valence-electron chi connectivity index (χ1n) is 7.71. The third-order valence-corrected chi connectivity index (χ3v) is 4.31. The van der Waals surface area contributed by atoms with E-state index in [4.69, 9.17) is 5.73 Å². The number of nitrogens with one attached hydrogen (secondary N) is 1. The molecule has 2 nitrogen and oxygen atoms in total. The lowest BCUT2D eigenvalue weighted by Crippen LogP contribution is -2.47. The number of rotatable bonds is 5. The van der Waals surface area contributed by atoms with Crippen LogP contribution < -0.4 is 11.1 Å². The van der Waals surface area contributed by atoms with E-state index >= 15 is 0 Å². The quantitative estimate of drug-likeness (QED) is 0.787. The fraction of sp³-hybridized carbons (Fsp3) is 1.00. The summed E-state index contributed by atoms with van der Waals surface area (Å²) in [5.41, 5.74) is 6.64. The predicted octanol–water partition coefficient (Wildman–Crippen LogP) is 3.55. The first kappa shape index (κ1) is 16.0. The molecule has 0 aromatic rings. The number of hydrogen-bond donors (Lipinski definition) is 2. The van der Waals surface area contributed by atoms with E-state index in [1.807, 2.05) is 0 Å². The van der Waals surface area contributed by atoms with Crippen LogP contribution in [0.1, 0.15) is 67.2 Å². The molecule has 4 unspecified atom stereocenters. The van der Waals surface area contributed by atoms with Gasteiger partial charge in [-0.2, -0.15) is 0 Å². The molecular weight excluding hydrogens is 220 g/mol. The van der Waals surface area contributed by atoms with Crippen LogP contribution in [0.15, 0.2) is 0 Å². The first-order chi connectivity index (χ1) is 8.19. The molecule has 0 amide bonds. The molecule has 18 heavy (non-hydrogen) atoms. The van der Waals surface area contributed by atoms with Crippen LogP contribution >= 0.6 is 0 Å². The summed E-state index contributed by atoms with van der Waals surface area (Å²) in [7, 11) is 0. The molecule has 0 aromatic carbocycles. The zero-order valence-corrected chi connectivity index (χ0v) is 13.3. The fourth-order valence-corrected chi connectivity index (χ4v) is 3.80. The summed E-state index contributed by atoms with van der Waals surface area (Å²) in [5.74, 6) is 1.50. The van der Waals surface area contributed by atoms with Gasteiger partial charge in [-0.1, -0.05) is 27.7 Å². The van der Waals surface area contributed by atoms with Gasteiger partial charge in [-0.25, -0.2) is 0 Å². The summed E-state index contributed by atoms with van der Waals surface area (Å²) in [6, 6.07) is 1.59. The van der Waals surface area contributed by atoms with Crippen molar-refractivity contribution in [3.63, 3.8) is 0 Å². The van der Waals surface area contributed by atoms with Crippen molar-refractivity contribution in [1.82, 2.24) is 5.32 Å². The Balaban J connectivity index is 2.48. The smallest absolute Gasteiger partial charge is 0.00702 e. The Bertz CT molecular complexity index is 247. The van der Waals surface area contributed by atoms with Crippen LogP contribution in [0.5, 0.6) is 0 Å². The minimum absolute atomic E-state index is 0.392. The van der Waals surface area contributed by atoms with Crippen LogP contribution in [0, 0.1) is 17.3 Å². The van der Waals surface area contributed by atoms with Gasteiger partial charge in [0, 0.05) is 18.1 Å². The molecule has 0 aromatic heterocycles. The van der Waals surface area contributed by atoms with Crippen LogP contribution in [0.3, 0.4) is 0 Å². The van der Waals surface area contributed by atoms with E-state index in [1.54, 1.807) is 0 Å². The standard InChI is InChI=1S/C16H34N2/c1-11(2)7-12(3)18-13(4)14-8-15(17)10-16(5,6)9-14/h11-15,18H,7-10,17H2,1-6H3. The van der Waals surface area contributed by atoms with Gasteiger partial charge in [-0.15, -0.1) is 0 Å². The van der Waals surface area contributed by atoms with Gasteiger partial charge in [0.05, 0.1) is 0 Å². The minimum Gasteiger partial charge on any atom is -0.328 e. The average molecular weight is 254 g/mol. The number of nitrogens with two attached hydrogens (primary N) is 1. The molecule has 108 valence electrons. The van der Waals surface area contributed by atoms with Crippen LogP contribution in [0.2, 0.25) is 0 Å². The lowest BCUT2D eigenvalue weighted by molar-refractivity contribution is 0.130. The second-order valence-electron chi connectivity index (χ2n) is 7.81. The molecule has 0 spiro atoms. The highest BCUT2D eigenvalue weighted by molar-refractivity contribution is 4.90. The van der Waals surface area contributed by atoms with E-state index in [1.165, 1.54) is 25.7 Å². The van der Waals surface area contributed by atoms with Crippen molar-refractivity contribution in [2.45, 2.75) is 85.4 Å². The minimum atomic E-state index is 0.392. The Kier molecular flexibility index (Phi) is 5.67. The molecule has 0 saturated heterocycles. The summed E-state index contributed by atoms with van der Waals surface area (Å²) in [4.78, 5) is 0. The zero-order chi connectivity index (χ0) is 13.9. The van der Waals surface area contributed by atoms with Gasteiger partial charge in [0.25, 0.3) is 0 Å². The molecule has 1 saturated carbocycles.